The fourth-order valence-electron chi connectivity index (χ4n) is 3.80. The number of hydrogen-bond acceptors (Lipinski definition) is 4. The molecule has 0 saturated heterocycles. The number of nitrogens with one attached hydrogen (secondary N) is 1. The Kier molecular flexibility index (Phi) is 5.06. The third kappa shape index (κ3) is 3.47. The van der Waals surface area contributed by atoms with Gasteiger partial charge in [0.15, 0.2) is 0 Å². The number of fused-ring (bicyclic) bond motifs is 1. The maximum atomic E-state index is 13.1. The highest BCUT2D eigenvalue weighted by Crippen LogP contribution is 2.27. The Morgan fingerprint density at radius 1 is 1.21 bits per heavy atom. The van der Waals surface area contributed by atoms with Gasteiger partial charge < -0.3 is 5.32 Å². The van der Waals surface area contributed by atoms with Gasteiger partial charge in [-0.25, -0.2) is 0 Å². The van der Waals surface area contributed by atoms with Crippen LogP contribution in [0.15, 0.2) is 47.7 Å². The zero-order chi connectivity index (χ0) is 19.5. The first-order chi connectivity index (χ1) is 13.6. The summed E-state index contributed by atoms with van der Waals surface area (Å²) in [7, 11) is 0. The van der Waals surface area contributed by atoms with Gasteiger partial charge in [-0.15, -0.1) is 5.10 Å². The summed E-state index contributed by atoms with van der Waals surface area (Å²) in [6, 6.07) is 7.89. The molecule has 144 valence electrons. The lowest BCUT2D eigenvalue weighted by molar-refractivity contribution is 0.0950. The van der Waals surface area contributed by atoms with E-state index in [1.165, 1.54) is 11.1 Å². The average Bonchev–Trinajstić information content (AvgIpc) is 3.37. The van der Waals surface area contributed by atoms with Gasteiger partial charge >= 0.3 is 0 Å². The van der Waals surface area contributed by atoms with Gasteiger partial charge in [0.05, 0.1) is 11.9 Å². The fraction of sp³-hybridized carbons (Fsp3) is 0.333. The second-order valence-corrected chi connectivity index (χ2v) is 7.09. The lowest BCUT2D eigenvalue weighted by Gasteiger charge is -2.14. The topological polar surface area (TPSA) is 81.8 Å². The van der Waals surface area contributed by atoms with Crippen molar-refractivity contribution >= 4 is 5.91 Å². The predicted molar refractivity (Wildman–Crippen MR) is 106 cm³/mol. The molecule has 1 amide bonds. The number of aryl methyl sites for hydroxylation is 3. The minimum Gasteiger partial charge on any atom is -0.352 e. The van der Waals surface area contributed by atoms with Crippen LogP contribution in [0.3, 0.4) is 0 Å². The van der Waals surface area contributed by atoms with Crippen LogP contribution in [0.4, 0.5) is 0 Å². The number of hydrogen-bond donors (Lipinski definition) is 1. The molecule has 0 aliphatic heterocycles. The molecule has 7 nitrogen and oxygen atoms in total. The second-order valence-electron chi connectivity index (χ2n) is 7.09. The van der Waals surface area contributed by atoms with Crippen molar-refractivity contribution in [2.45, 2.75) is 39.2 Å². The zero-order valence-electron chi connectivity index (χ0n) is 15.9. The quantitative estimate of drug-likeness (QED) is 0.667. The smallest absolute Gasteiger partial charge is 0.268 e. The zero-order valence-corrected chi connectivity index (χ0v) is 15.9. The van der Waals surface area contributed by atoms with Crippen LogP contribution in [-0.2, 0) is 19.4 Å². The molecule has 0 radical (unpaired) electrons. The number of carbonyl (C=O) groups excluding carboxylic acids is 1. The van der Waals surface area contributed by atoms with Gasteiger partial charge in [0.2, 0.25) is 0 Å². The van der Waals surface area contributed by atoms with Crippen LogP contribution in [0.2, 0.25) is 0 Å². The lowest BCUT2D eigenvalue weighted by atomic mass is 10.1. The maximum Gasteiger partial charge on any atom is 0.268 e. The van der Waals surface area contributed by atoms with Gasteiger partial charge in [0, 0.05) is 25.5 Å². The minimum atomic E-state index is -0.331. The molecule has 1 aromatic carbocycles. The standard InChI is InChI=1S/C21H23N5O2/c1-15-9-13-26(18-8-3-6-16-5-2-7-17(16)18)21(28)19(15)20(27)22-10-4-12-25-14-11-23-24-25/h3,6,8-9,11,13-14H,2,4-5,7,10,12H2,1H3,(H,22,27). The Labute approximate surface area is 163 Å². The molecule has 0 spiro atoms. The van der Waals surface area contributed by atoms with Crippen molar-refractivity contribution in [3.63, 3.8) is 0 Å². The van der Waals surface area contributed by atoms with Crippen LogP contribution in [0.5, 0.6) is 0 Å². The van der Waals surface area contributed by atoms with E-state index in [1.54, 1.807) is 34.8 Å². The number of carbonyl (C=O) groups is 1. The van der Waals surface area contributed by atoms with E-state index in [9.17, 15) is 9.59 Å². The van der Waals surface area contributed by atoms with Gasteiger partial charge in [-0.1, -0.05) is 17.3 Å². The van der Waals surface area contributed by atoms with Gasteiger partial charge in [0.1, 0.15) is 5.56 Å². The van der Waals surface area contributed by atoms with E-state index in [0.717, 1.165) is 24.9 Å². The van der Waals surface area contributed by atoms with Crippen molar-refractivity contribution < 1.29 is 4.79 Å². The first-order valence-corrected chi connectivity index (χ1v) is 9.61. The maximum absolute atomic E-state index is 13.1. The highest BCUT2D eigenvalue weighted by Gasteiger charge is 2.20. The monoisotopic (exact) mass is 377 g/mol. The third-order valence-corrected chi connectivity index (χ3v) is 5.23. The third-order valence-electron chi connectivity index (χ3n) is 5.23. The molecule has 0 unspecified atom stereocenters. The average molecular weight is 377 g/mol. The predicted octanol–water partition coefficient (Wildman–Crippen LogP) is 2.05. The number of aromatic nitrogens is 4. The fourth-order valence-corrected chi connectivity index (χ4v) is 3.80. The van der Waals surface area contributed by atoms with Crippen LogP contribution < -0.4 is 10.9 Å². The Balaban J connectivity index is 1.55. The van der Waals surface area contributed by atoms with Crippen molar-refractivity contribution in [2.75, 3.05) is 6.54 Å². The first kappa shape index (κ1) is 18.2. The summed E-state index contributed by atoms with van der Waals surface area (Å²) in [6.45, 7) is 2.92. The Bertz CT molecular complexity index is 1050. The summed E-state index contributed by atoms with van der Waals surface area (Å²) < 4.78 is 3.32. The van der Waals surface area contributed by atoms with Crippen molar-refractivity contribution in [1.82, 2.24) is 24.9 Å². The van der Waals surface area contributed by atoms with Crippen LogP contribution in [0.25, 0.3) is 5.69 Å². The van der Waals surface area contributed by atoms with Gasteiger partial charge in [-0.05, 0) is 61.4 Å². The molecule has 1 aliphatic carbocycles. The van der Waals surface area contributed by atoms with E-state index in [4.69, 9.17) is 0 Å². The van der Waals surface area contributed by atoms with E-state index < -0.39 is 0 Å². The molecular formula is C21H23N5O2. The molecule has 1 N–H and O–H groups in total. The molecule has 0 bridgehead atoms. The van der Waals surface area contributed by atoms with Crippen LogP contribution >= 0.6 is 0 Å². The van der Waals surface area contributed by atoms with Crippen molar-refractivity contribution in [3.05, 3.63) is 75.5 Å². The summed E-state index contributed by atoms with van der Waals surface area (Å²) in [5.41, 5.74) is 4.02. The van der Waals surface area contributed by atoms with Crippen molar-refractivity contribution in [1.29, 1.82) is 0 Å². The summed E-state index contributed by atoms with van der Waals surface area (Å²) in [4.78, 5) is 25.8. The number of amides is 1. The molecule has 0 fully saturated rings. The number of benzene rings is 1. The first-order valence-electron chi connectivity index (χ1n) is 9.61. The van der Waals surface area contributed by atoms with Crippen LogP contribution in [0, 0.1) is 6.92 Å². The minimum absolute atomic E-state index is 0.207. The lowest BCUT2D eigenvalue weighted by Crippen LogP contribution is -2.34. The van der Waals surface area contributed by atoms with Gasteiger partial charge in [-0.3, -0.25) is 18.8 Å². The molecule has 2 aromatic heterocycles. The normalized spacial score (nSPS) is 12.8. The SMILES string of the molecule is Cc1ccn(-c2cccc3c2CCC3)c(=O)c1C(=O)NCCCn1ccnn1. The number of pyridine rings is 1. The summed E-state index contributed by atoms with van der Waals surface area (Å²) in [6.07, 6.45) is 8.99. The van der Waals surface area contributed by atoms with Crippen molar-refractivity contribution in [2.24, 2.45) is 0 Å². The van der Waals surface area contributed by atoms with Gasteiger partial charge in [-0.2, -0.15) is 0 Å². The molecule has 1 aliphatic rings. The number of nitrogens with zero attached hydrogens (tertiary/aromatic N) is 4. The molecule has 28 heavy (non-hydrogen) atoms. The highest BCUT2D eigenvalue weighted by atomic mass is 16.2. The molecule has 7 heteroatoms. The molecule has 4 rings (SSSR count). The molecular weight excluding hydrogens is 354 g/mol. The molecule has 3 aromatic rings. The summed E-state index contributed by atoms with van der Waals surface area (Å²) in [5.74, 6) is -0.331. The summed E-state index contributed by atoms with van der Waals surface area (Å²) >= 11 is 0. The molecule has 2 heterocycles. The van der Waals surface area contributed by atoms with E-state index in [0.29, 0.717) is 25.1 Å². The van der Waals surface area contributed by atoms with Crippen LogP contribution in [-0.4, -0.2) is 32.0 Å². The Morgan fingerprint density at radius 3 is 2.93 bits per heavy atom. The number of rotatable bonds is 6. The Hall–Kier alpha value is -3.22. The molecule has 0 saturated carbocycles. The van der Waals surface area contributed by atoms with Crippen LogP contribution in [0.1, 0.15) is 39.9 Å². The van der Waals surface area contributed by atoms with E-state index in [-0.39, 0.29) is 17.0 Å². The molecule has 0 atom stereocenters. The van der Waals surface area contributed by atoms with E-state index >= 15 is 0 Å². The van der Waals surface area contributed by atoms with E-state index in [2.05, 4.69) is 21.7 Å². The van der Waals surface area contributed by atoms with E-state index in [1.807, 2.05) is 18.2 Å². The highest BCUT2D eigenvalue weighted by molar-refractivity contribution is 5.95. The summed E-state index contributed by atoms with van der Waals surface area (Å²) in [5, 5.41) is 10.5. The largest absolute Gasteiger partial charge is 0.352 e. The van der Waals surface area contributed by atoms with Gasteiger partial charge in [0.25, 0.3) is 11.5 Å². The Morgan fingerprint density at radius 2 is 2.11 bits per heavy atom. The van der Waals surface area contributed by atoms with Crippen molar-refractivity contribution in [3.8, 4) is 5.69 Å². The second kappa shape index (κ2) is 7.80.